The molecule has 326 valence electrons. The number of amides is 2. The molecule has 5 aromatic rings. The van der Waals surface area contributed by atoms with Crippen LogP contribution in [-0.2, 0) is 37.0 Å². The van der Waals surface area contributed by atoms with Gasteiger partial charge in [0.2, 0.25) is 27.4 Å². The summed E-state index contributed by atoms with van der Waals surface area (Å²) in [4.78, 5) is 63.0. The molecule has 3 aromatic heterocycles. The number of ketones is 1. The van der Waals surface area contributed by atoms with Crippen molar-refractivity contribution in [2.24, 2.45) is 17.3 Å². The molecule has 2 aliphatic carbocycles. The number of hydrogen-bond acceptors (Lipinski definition) is 12. The summed E-state index contributed by atoms with van der Waals surface area (Å²) in [5.41, 5.74) is -0.822. The first kappa shape index (κ1) is 42.1. The number of rotatable bonds is 8. The van der Waals surface area contributed by atoms with E-state index in [1.54, 1.807) is 24.3 Å². The van der Waals surface area contributed by atoms with Gasteiger partial charge in [-0.2, -0.15) is 23.4 Å². The lowest BCUT2D eigenvalue weighted by Gasteiger charge is -2.29. The van der Waals surface area contributed by atoms with E-state index in [-0.39, 0.29) is 72.6 Å². The number of allylic oxidation sites excluding steroid dienone is 2. The SMILES string of the molecule is N#Cc1ccnc(C[C@H]2CCCCC/C=C\[C@H]3C[C@@]3(C(=O)NS(=O)(=O)C3CC3)CC(=O)[C@@H]3C[C@@H](Oc4nc(-c5ccc(C(F)(F)F)cc5)nc5c4oc4ccccc45)CN3C2=O)n1. The first-order valence-electron chi connectivity index (χ1n) is 21.0. The highest BCUT2D eigenvalue weighted by molar-refractivity contribution is 7.90. The zero-order valence-corrected chi connectivity index (χ0v) is 34.7. The molecular weight excluding hydrogens is 840 g/mol. The Labute approximate surface area is 360 Å². The zero-order chi connectivity index (χ0) is 44.1. The molecule has 2 saturated carbocycles. The van der Waals surface area contributed by atoms with E-state index in [9.17, 15) is 41.2 Å². The lowest BCUT2D eigenvalue weighted by molar-refractivity contribution is -0.142. The fraction of sp³-hybridized carbons (Fsp3) is 0.422. The summed E-state index contributed by atoms with van der Waals surface area (Å²) in [6.45, 7) is -0.0925. The summed E-state index contributed by atoms with van der Waals surface area (Å²) in [5, 5.41) is 9.47. The number of furan rings is 1. The van der Waals surface area contributed by atoms with Gasteiger partial charge in [0.25, 0.3) is 5.88 Å². The Morgan fingerprint density at radius 2 is 1.81 bits per heavy atom. The fourth-order valence-corrected chi connectivity index (χ4v) is 10.2. The summed E-state index contributed by atoms with van der Waals surface area (Å²) in [5.74, 6) is -2.34. The second kappa shape index (κ2) is 16.5. The number of aromatic nitrogens is 4. The molecule has 0 radical (unpaired) electrons. The normalized spacial score (nSPS) is 25.1. The fourth-order valence-electron chi connectivity index (χ4n) is 8.84. The van der Waals surface area contributed by atoms with Gasteiger partial charge in [-0.15, -0.1) is 0 Å². The number of nitriles is 1. The number of para-hydroxylation sites is 1. The van der Waals surface area contributed by atoms with Gasteiger partial charge in [0.15, 0.2) is 11.6 Å². The smallest absolute Gasteiger partial charge is 0.416 e. The van der Waals surface area contributed by atoms with Crippen LogP contribution in [0.1, 0.15) is 81.3 Å². The third-order valence-electron chi connectivity index (χ3n) is 12.5. The Kier molecular flexibility index (Phi) is 11.0. The van der Waals surface area contributed by atoms with Crippen molar-refractivity contribution in [2.45, 2.75) is 94.2 Å². The van der Waals surface area contributed by atoms with Gasteiger partial charge < -0.3 is 14.1 Å². The van der Waals surface area contributed by atoms with E-state index < -0.39 is 62.2 Å². The molecule has 4 aliphatic rings. The first-order chi connectivity index (χ1) is 30.2. The van der Waals surface area contributed by atoms with Crippen molar-refractivity contribution < 1.29 is 45.1 Å². The average molecular weight is 882 g/mol. The first-order valence-corrected chi connectivity index (χ1v) is 22.6. The van der Waals surface area contributed by atoms with E-state index in [0.29, 0.717) is 54.4 Å². The highest BCUT2D eigenvalue weighted by Gasteiger charge is 2.61. The summed E-state index contributed by atoms with van der Waals surface area (Å²) in [7, 11) is -3.92. The minimum Gasteiger partial charge on any atom is -0.470 e. The maximum absolute atomic E-state index is 14.9. The molecule has 9 rings (SSSR count). The molecule has 0 bridgehead atoms. The molecule has 18 heteroatoms. The van der Waals surface area contributed by atoms with Crippen LogP contribution < -0.4 is 9.46 Å². The maximum Gasteiger partial charge on any atom is 0.416 e. The number of fused-ring (bicyclic) bond motifs is 5. The minimum absolute atomic E-state index is 0.0301. The number of halogens is 3. The van der Waals surface area contributed by atoms with Crippen LogP contribution in [0.3, 0.4) is 0 Å². The number of carbonyl (C=O) groups is 3. The predicted octanol–water partition coefficient (Wildman–Crippen LogP) is 7.02. The minimum atomic E-state index is -4.56. The number of carbonyl (C=O) groups excluding carboxylic acids is 3. The van der Waals surface area contributed by atoms with E-state index in [4.69, 9.17) is 9.15 Å². The van der Waals surface area contributed by atoms with Gasteiger partial charge in [-0.25, -0.2) is 23.4 Å². The molecule has 5 atom stereocenters. The lowest BCUT2D eigenvalue weighted by atomic mass is 9.90. The second-order valence-corrected chi connectivity index (χ2v) is 18.9. The van der Waals surface area contributed by atoms with Crippen molar-refractivity contribution in [1.82, 2.24) is 29.6 Å². The van der Waals surface area contributed by atoms with Gasteiger partial charge in [0.05, 0.1) is 28.8 Å². The van der Waals surface area contributed by atoms with E-state index >= 15 is 0 Å². The molecule has 3 fully saturated rings. The van der Waals surface area contributed by atoms with E-state index in [1.165, 1.54) is 29.3 Å². The summed E-state index contributed by atoms with van der Waals surface area (Å²) >= 11 is 0. The van der Waals surface area contributed by atoms with Crippen molar-refractivity contribution in [3.8, 4) is 23.3 Å². The van der Waals surface area contributed by atoms with Crippen LogP contribution in [0.25, 0.3) is 33.5 Å². The summed E-state index contributed by atoms with van der Waals surface area (Å²) < 4.78 is 81.5. The van der Waals surface area contributed by atoms with Crippen molar-refractivity contribution in [1.29, 1.82) is 5.26 Å². The van der Waals surface area contributed by atoms with Crippen molar-refractivity contribution >= 4 is 49.7 Å². The number of benzene rings is 2. The monoisotopic (exact) mass is 881 g/mol. The highest BCUT2D eigenvalue weighted by Crippen LogP contribution is 2.57. The van der Waals surface area contributed by atoms with Crippen LogP contribution in [0.2, 0.25) is 0 Å². The topological polar surface area (TPSA) is 198 Å². The van der Waals surface area contributed by atoms with Crippen LogP contribution in [0.15, 0.2) is 77.4 Å². The number of sulfonamides is 1. The number of nitrogens with zero attached hydrogens (tertiary/aromatic N) is 6. The van der Waals surface area contributed by atoms with Gasteiger partial charge in [0.1, 0.15) is 34.8 Å². The molecule has 1 saturated heterocycles. The number of ether oxygens (including phenoxy) is 1. The summed E-state index contributed by atoms with van der Waals surface area (Å²) in [6, 6.07) is 13.8. The zero-order valence-electron chi connectivity index (χ0n) is 33.9. The Morgan fingerprint density at radius 3 is 2.57 bits per heavy atom. The van der Waals surface area contributed by atoms with Crippen molar-refractivity contribution in [2.75, 3.05) is 6.54 Å². The van der Waals surface area contributed by atoms with Gasteiger partial charge in [0, 0.05) is 42.3 Å². The van der Waals surface area contributed by atoms with Crippen LogP contribution >= 0.6 is 0 Å². The molecule has 63 heavy (non-hydrogen) atoms. The second-order valence-electron chi connectivity index (χ2n) is 16.9. The van der Waals surface area contributed by atoms with Crippen molar-refractivity contribution in [3.05, 3.63) is 90.0 Å². The molecule has 2 aromatic carbocycles. The average Bonchev–Trinajstić information content (AvgIpc) is 4.17. The van der Waals surface area contributed by atoms with E-state index in [0.717, 1.165) is 25.0 Å². The Hall–Kier alpha value is -6.22. The molecule has 1 N–H and O–H groups in total. The molecule has 0 spiro atoms. The number of nitrogens with one attached hydrogen (secondary N) is 1. The van der Waals surface area contributed by atoms with Crippen LogP contribution in [0, 0.1) is 28.6 Å². The highest BCUT2D eigenvalue weighted by atomic mass is 32.2. The van der Waals surface area contributed by atoms with Gasteiger partial charge >= 0.3 is 6.18 Å². The van der Waals surface area contributed by atoms with Crippen LogP contribution in [-0.4, -0.2) is 74.8 Å². The third-order valence-corrected chi connectivity index (χ3v) is 14.3. The number of Topliss-reactive ketones (excluding diaryl/α,β-unsaturated/α-hetero) is 1. The van der Waals surface area contributed by atoms with Crippen LogP contribution in [0.5, 0.6) is 5.88 Å². The molecule has 2 aliphatic heterocycles. The Morgan fingerprint density at radius 1 is 1.02 bits per heavy atom. The van der Waals surface area contributed by atoms with Crippen LogP contribution in [0.4, 0.5) is 13.2 Å². The standard InChI is InChI=1S/C45H42F3N7O7S/c46-45(47,48)28-14-12-26(13-15-28)40-52-38-33-10-6-7-11-36(33)62-39(38)41(53-40)61-31-21-34-35(56)23-44(43(58)54-63(59,60)32-16-17-32)22-29(44)9-5-3-1-2-4-8-27(42(57)55(34)25-31)20-37-50-19-18-30(24-49)51-37/h5-7,9-15,18-19,27,29,31-32,34H,1-4,8,16-17,20-23,25H2,(H,54,58)/b9-5-/t27-,29+,31-,34+,44-/m1/s1. The molecular formula is C45H42F3N7O7S. The molecule has 0 unspecified atom stereocenters. The lowest BCUT2D eigenvalue weighted by Crippen LogP contribution is -2.46. The largest absolute Gasteiger partial charge is 0.470 e. The van der Waals surface area contributed by atoms with Gasteiger partial charge in [-0.05, 0) is 74.8 Å². The molecule has 2 amide bonds. The summed E-state index contributed by atoms with van der Waals surface area (Å²) in [6.07, 6.45) is 4.14. The maximum atomic E-state index is 14.9. The van der Waals surface area contributed by atoms with Crippen molar-refractivity contribution in [3.63, 3.8) is 0 Å². The molecule has 14 nitrogen and oxygen atoms in total. The number of hydrogen-bond donors (Lipinski definition) is 1. The number of alkyl halides is 3. The quantitative estimate of drug-likeness (QED) is 0.157. The van der Waals surface area contributed by atoms with Gasteiger partial charge in [-0.3, -0.25) is 19.1 Å². The molecule has 5 heterocycles. The Bertz CT molecular complexity index is 2800. The predicted molar refractivity (Wildman–Crippen MR) is 221 cm³/mol. The third kappa shape index (κ3) is 8.62. The van der Waals surface area contributed by atoms with E-state index in [2.05, 4.69) is 24.7 Å². The van der Waals surface area contributed by atoms with Gasteiger partial charge in [-0.1, -0.05) is 49.3 Å². The Balaban J connectivity index is 1.08. The van der Waals surface area contributed by atoms with E-state index in [1.807, 2.05) is 18.2 Å².